The molecule has 0 aliphatic carbocycles. The van der Waals surface area contributed by atoms with Crippen molar-refractivity contribution < 1.29 is 13.9 Å². The van der Waals surface area contributed by atoms with Crippen LogP contribution in [0.25, 0.3) is 11.5 Å². The number of thiophene rings is 1. The summed E-state index contributed by atoms with van der Waals surface area (Å²) in [6, 6.07) is 19.8. The van der Waals surface area contributed by atoms with Crippen LogP contribution in [0, 0.1) is 0 Å². The molecule has 0 fully saturated rings. The van der Waals surface area contributed by atoms with E-state index in [-0.39, 0.29) is 0 Å². The zero-order valence-corrected chi connectivity index (χ0v) is 17.8. The molecule has 0 radical (unpaired) electrons. The second kappa shape index (κ2) is 9.56. The molecule has 0 aliphatic rings. The predicted molar refractivity (Wildman–Crippen MR) is 117 cm³/mol. The van der Waals surface area contributed by atoms with Crippen LogP contribution in [0.2, 0.25) is 0 Å². The average Bonchev–Trinajstić information content (AvgIpc) is 3.46. The Morgan fingerprint density at radius 2 is 1.70 bits per heavy atom. The highest BCUT2D eigenvalue weighted by Gasteiger charge is 2.16. The molecule has 0 bridgehead atoms. The van der Waals surface area contributed by atoms with Crippen LogP contribution < -0.4 is 9.47 Å². The number of rotatable bonds is 9. The van der Waals surface area contributed by atoms with E-state index in [4.69, 9.17) is 13.9 Å². The molecule has 7 heteroatoms. The molecule has 0 N–H and O–H groups in total. The summed E-state index contributed by atoms with van der Waals surface area (Å²) >= 11 is 1.74. The van der Waals surface area contributed by atoms with Crippen molar-refractivity contribution in [2.45, 2.75) is 19.6 Å². The summed E-state index contributed by atoms with van der Waals surface area (Å²) < 4.78 is 16.7. The van der Waals surface area contributed by atoms with Gasteiger partial charge in [-0.1, -0.05) is 24.3 Å². The minimum Gasteiger partial charge on any atom is -0.497 e. The lowest BCUT2D eigenvalue weighted by Gasteiger charge is -2.21. The Kier molecular flexibility index (Phi) is 6.41. The van der Waals surface area contributed by atoms with Crippen LogP contribution in [-0.4, -0.2) is 29.3 Å². The quantitative estimate of drug-likeness (QED) is 0.378. The monoisotopic (exact) mass is 421 g/mol. The molecule has 2 heterocycles. The van der Waals surface area contributed by atoms with Crippen LogP contribution in [0.1, 0.15) is 16.3 Å². The number of ether oxygens (including phenoxy) is 2. The molecule has 0 spiro atoms. The largest absolute Gasteiger partial charge is 0.497 e. The number of hydrogen-bond acceptors (Lipinski definition) is 7. The number of aromatic nitrogens is 2. The fraction of sp³-hybridized carbons (Fsp3) is 0.217. The third kappa shape index (κ3) is 4.87. The zero-order valence-electron chi connectivity index (χ0n) is 16.9. The summed E-state index contributed by atoms with van der Waals surface area (Å²) in [7, 11) is 3.34. The molecule has 0 amide bonds. The van der Waals surface area contributed by atoms with Crippen LogP contribution in [0.5, 0.6) is 11.5 Å². The lowest BCUT2D eigenvalue weighted by molar-refractivity contribution is 0.222. The molecular weight excluding hydrogens is 398 g/mol. The molecule has 0 saturated heterocycles. The summed E-state index contributed by atoms with van der Waals surface area (Å²) in [5.74, 6) is 2.74. The molecule has 4 rings (SSSR count). The number of methoxy groups -OCH3 is 2. The van der Waals surface area contributed by atoms with Gasteiger partial charge in [0.1, 0.15) is 11.5 Å². The molecule has 6 nitrogen and oxygen atoms in total. The van der Waals surface area contributed by atoms with Gasteiger partial charge in [-0.05, 0) is 41.8 Å². The van der Waals surface area contributed by atoms with Crippen LogP contribution >= 0.6 is 11.3 Å². The maximum Gasteiger partial charge on any atom is 0.247 e. The minimum absolute atomic E-state index is 0.501. The van der Waals surface area contributed by atoms with E-state index in [0.717, 1.165) is 29.2 Å². The summed E-state index contributed by atoms with van der Waals surface area (Å²) in [6.45, 7) is 2.04. The molecule has 2 aromatic carbocycles. The molecule has 0 saturated carbocycles. The first-order chi connectivity index (χ1) is 14.7. The van der Waals surface area contributed by atoms with Gasteiger partial charge >= 0.3 is 0 Å². The van der Waals surface area contributed by atoms with Gasteiger partial charge in [-0.15, -0.1) is 21.5 Å². The summed E-state index contributed by atoms with van der Waals surface area (Å²) in [5.41, 5.74) is 1.98. The molecule has 30 heavy (non-hydrogen) atoms. The first-order valence-corrected chi connectivity index (χ1v) is 10.5. The first kappa shape index (κ1) is 20.1. The Morgan fingerprint density at radius 1 is 0.867 bits per heavy atom. The lowest BCUT2D eigenvalue weighted by atomic mass is 10.2. The predicted octanol–water partition coefficient (Wildman–Crippen LogP) is 5.02. The van der Waals surface area contributed by atoms with E-state index in [1.807, 2.05) is 42.5 Å². The summed E-state index contributed by atoms with van der Waals surface area (Å²) in [4.78, 5) is 3.55. The SMILES string of the molecule is COc1ccc(-c2nnc(CN(Cc3cccs3)Cc3ccccc3OC)o2)cc1. The zero-order chi connectivity index (χ0) is 20.8. The molecule has 0 atom stereocenters. The standard InChI is InChI=1S/C23H23N3O3S/c1-27-19-11-9-17(10-12-19)23-25-24-22(29-23)16-26(15-20-7-5-13-30-20)14-18-6-3-4-8-21(18)28-2/h3-13H,14-16H2,1-2H3. The fourth-order valence-electron chi connectivity index (χ4n) is 3.22. The van der Waals surface area contributed by atoms with Gasteiger partial charge in [0, 0.05) is 29.1 Å². The van der Waals surface area contributed by atoms with Crippen LogP contribution in [0.15, 0.2) is 70.5 Å². The van der Waals surface area contributed by atoms with Gasteiger partial charge in [0.25, 0.3) is 0 Å². The van der Waals surface area contributed by atoms with Gasteiger partial charge in [0.15, 0.2) is 0 Å². The smallest absolute Gasteiger partial charge is 0.247 e. The molecule has 4 aromatic rings. The molecule has 0 aliphatic heterocycles. The van der Waals surface area contributed by atoms with E-state index in [1.54, 1.807) is 25.6 Å². The van der Waals surface area contributed by atoms with Crippen molar-refractivity contribution in [3.05, 3.63) is 82.4 Å². The van der Waals surface area contributed by atoms with Gasteiger partial charge in [0.2, 0.25) is 11.8 Å². The maximum atomic E-state index is 5.95. The Morgan fingerprint density at radius 3 is 2.43 bits per heavy atom. The van der Waals surface area contributed by atoms with Crippen molar-refractivity contribution in [2.24, 2.45) is 0 Å². The number of para-hydroxylation sites is 1. The third-order valence-electron chi connectivity index (χ3n) is 4.71. The highest BCUT2D eigenvalue weighted by molar-refractivity contribution is 7.09. The van der Waals surface area contributed by atoms with E-state index in [0.29, 0.717) is 24.9 Å². The van der Waals surface area contributed by atoms with Crippen LogP contribution in [0.4, 0.5) is 0 Å². The van der Waals surface area contributed by atoms with Crippen molar-refractivity contribution in [3.63, 3.8) is 0 Å². The van der Waals surface area contributed by atoms with Gasteiger partial charge in [0.05, 0.1) is 20.8 Å². The van der Waals surface area contributed by atoms with Gasteiger partial charge in [-0.2, -0.15) is 0 Å². The third-order valence-corrected chi connectivity index (χ3v) is 5.57. The highest BCUT2D eigenvalue weighted by atomic mass is 32.1. The van der Waals surface area contributed by atoms with Crippen LogP contribution in [0.3, 0.4) is 0 Å². The van der Waals surface area contributed by atoms with Crippen LogP contribution in [-0.2, 0) is 19.6 Å². The van der Waals surface area contributed by atoms with Gasteiger partial charge < -0.3 is 13.9 Å². The Bertz CT molecular complexity index is 1060. The van der Waals surface area contributed by atoms with E-state index >= 15 is 0 Å². The second-order valence-corrected chi connectivity index (χ2v) is 7.80. The van der Waals surface area contributed by atoms with Crippen molar-refractivity contribution >= 4 is 11.3 Å². The van der Waals surface area contributed by atoms with E-state index < -0.39 is 0 Å². The maximum absolute atomic E-state index is 5.95. The van der Waals surface area contributed by atoms with E-state index in [9.17, 15) is 0 Å². The van der Waals surface area contributed by atoms with E-state index in [2.05, 4.69) is 38.7 Å². The van der Waals surface area contributed by atoms with Crippen molar-refractivity contribution in [2.75, 3.05) is 14.2 Å². The normalized spacial score (nSPS) is 11.0. The highest BCUT2D eigenvalue weighted by Crippen LogP contribution is 2.25. The van der Waals surface area contributed by atoms with Crippen molar-refractivity contribution in [3.8, 4) is 23.0 Å². The average molecular weight is 422 g/mol. The Balaban J connectivity index is 1.53. The number of nitrogens with zero attached hydrogens (tertiary/aromatic N) is 3. The van der Waals surface area contributed by atoms with E-state index in [1.165, 1.54) is 4.88 Å². The number of hydrogen-bond donors (Lipinski definition) is 0. The Labute approximate surface area is 179 Å². The van der Waals surface area contributed by atoms with Crippen molar-refractivity contribution in [1.29, 1.82) is 0 Å². The Hall–Kier alpha value is -3.16. The molecule has 0 unspecified atom stereocenters. The number of benzene rings is 2. The first-order valence-electron chi connectivity index (χ1n) is 9.58. The second-order valence-electron chi connectivity index (χ2n) is 6.77. The summed E-state index contributed by atoms with van der Waals surface area (Å²) in [5, 5.41) is 10.6. The topological polar surface area (TPSA) is 60.6 Å². The minimum atomic E-state index is 0.501. The lowest BCUT2D eigenvalue weighted by Crippen LogP contribution is -2.22. The molecule has 2 aromatic heterocycles. The molecular formula is C23H23N3O3S. The molecule has 154 valence electrons. The fourth-order valence-corrected chi connectivity index (χ4v) is 3.97. The van der Waals surface area contributed by atoms with Gasteiger partial charge in [-0.25, -0.2) is 0 Å². The summed E-state index contributed by atoms with van der Waals surface area (Å²) in [6.07, 6.45) is 0. The van der Waals surface area contributed by atoms with Crippen molar-refractivity contribution in [1.82, 2.24) is 15.1 Å². The van der Waals surface area contributed by atoms with Gasteiger partial charge in [-0.3, -0.25) is 4.90 Å².